The highest BCUT2D eigenvalue weighted by Gasteiger charge is 2.21. The van der Waals surface area contributed by atoms with E-state index in [1.165, 1.54) is 22.3 Å². The number of rotatable bonds is 3. The highest BCUT2D eigenvalue weighted by atomic mass is 15.3. The Hall–Kier alpha value is -3.34. The minimum absolute atomic E-state index is 0.976. The van der Waals surface area contributed by atoms with Crippen LogP contribution in [-0.4, -0.2) is 41.1 Å². The van der Waals surface area contributed by atoms with Gasteiger partial charge in [-0.2, -0.15) is 0 Å². The summed E-state index contributed by atoms with van der Waals surface area (Å²) in [6.45, 7) is 3.94. The van der Waals surface area contributed by atoms with Crippen LogP contribution < -0.4 is 9.80 Å². The molecule has 0 saturated carbocycles. The smallest absolute Gasteiger partial charge is 0.0942 e. The summed E-state index contributed by atoms with van der Waals surface area (Å²) in [5.74, 6) is 0. The van der Waals surface area contributed by atoms with Gasteiger partial charge in [-0.1, -0.05) is 12.1 Å². The van der Waals surface area contributed by atoms with E-state index in [2.05, 4.69) is 62.2 Å². The molecule has 0 radical (unpaired) electrons. The van der Waals surface area contributed by atoms with Crippen molar-refractivity contribution >= 4 is 22.3 Å². The fourth-order valence-electron chi connectivity index (χ4n) is 3.91. The largest absolute Gasteiger partial charge is 0.368 e. The normalized spacial score (nSPS) is 14.7. The van der Waals surface area contributed by atoms with E-state index in [9.17, 15) is 0 Å². The second kappa shape index (κ2) is 6.76. The Balaban J connectivity index is 1.45. The van der Waals surface area contributed by atoms with Crippen LogP contribution in [-0.2, 0) is 0 Å². The standard InChI is InChI=1S/C22H21N5/c1-3-19(18-8-12-24-20(18)4-1)22-21(5-2-9-25-22)27-15-13-26(14-16-27)17-6-10-23-11-7-17/h1-12,24H,13-16H2. The number of anilines is 2. The van der Waals surface area contributed by atoms with Gasteiger partial charge in [0, 0.05) is 73.1 Å². The molecule has 0 bridgehead atoms. The molecule has 0 amide bonds. The van der Waals surface area contributed by atoms with Crippen molar-refractivity contribution in [2.45, 2.75) is 0 Å². The molecule has 5 rings (SSSR count). The number of piperazine rings is 1. The number of aromatic nitrogens is 3. The fourth-order valence-corrected chi connectivity index (χ4v) is 3.91. The van der Waals surface area contributed by atoms with E-state index in [1.54, 1.807) is 0 Å². The van der Waals surface area contributed by atoms with Crippen molar-refractivity contribution in [3.05, 3.63) is 73.3 Å². The zero-order valence-corrected chi connectivity index (χ0v) is 15.0. The highest BCUT2D eigenvalue weighted by Crippen LogP contribution is 2.34. The SMILES string of the molecule is c1cnc(-c2cccc3[nH]ccc23)c(N2CCN(c3ccncc3)CC2)c1. The van der Waals surface area contributed by atoms with Crippen LogP contribution in [0.25, 0.3) is 22.2 Å². The first-order valence-corrected chi connectivity index (χ1v) is 9.31. The Labute approximate surface area is 158 Å². The third-order valence-corrected chi connectivity index (χ3v) is 5.28. The number of pyridine rings is 2. The van der Waals surface area contributed by atoms with Crippen LogP contribution in [0.5, 0.6) is 0 Å². The van der Waals surface area contributed by atoms with Crippen molar-refractivity contribution in [2.24, 2.45) is 0 Å². The van der Waals surface area contributed by atoms with Gasteiger partial charge in [0.2, 0.25) is 0 Å². The van der Waals surface area contributed by atoms with Crippen LogP contribution in [0.3, 0.4) is 0 Å². The van der Waals surface area contributed by atoms with Gasteiger partial charge in [-0.25, -0.2) is 0 Å². The number of hydrogen-bond acceptors (Lipinski definition) is 4. The van der Waals surface area contributed by atoms with Crippen LogP contribution in [0.2, 0.25) is 0 Å². The van der Waals surface area contributed by atoms with E-state index >= 15 is 0 Å². The van der Waals surface area contributed by atoms with Gasteiger partial charge >= 0.3 is 0 Å². The van der Waals surface area contributed by atoms with Gasteiger partial charge in [0.1, 0.15) is 0 Å². The molecule has 1 fully saturated rings. The summed E-state index contributed by atoms with van der Waals surface area (Å²) in [6.07, 6.45) is 7.60. The number of hydrogen-bond donors (Lipinski definition) is 1. The zero-order valence-electron chi connectivity index (χ0n) is 15.0. The van der Waals surface area contributed by atoms with Gasteiger partial charge in [-0.15, -0.1) is 0 Å². The van der Waals surface area contributed by atoms with Crippen LogP contribution >= 0.6 is 0 Å². The van der Waals surface area contributed by atoms with Gasteiger partial charge in [0.05, 0.1) is 11.4 Å². The maximum atomic E-state index is 4.75. The van der Waals surface area contributed by atoms with E-state index < -0.39 is 0 Å². The molecule has 5 nitrogen and oxygen atoms in total. The van der Waals surface area contributed by atoms with E-state index in [-0.39, 0.29) is 0 Å². The molecule has 0 unspecified atom stereocenters. The van der Waals surface area contributed by atoms with Crippen LogP contribution in [0.4, 0.5) is 11.4 Å². The molecule has 27 heavy (non-hydrogen) atoms. The molecule has 1 saturated heterocycles. The van der Waals surface area contributed by atoms with Crippen molar-refractivity contribution in [3.8, 4) is 11.3 Å². The van der Waals surface area contributed by atoms with Gasteiger partial charge in [0.15, 0.2) is 0 Å². The van der Waals surface area contributed by atoms with E-state index in [0.29, 0.717) is 0 Å². The Morgan fingerprint density at radius 1 is 0.778 bits per heavy atom. The Morgan fingerprint density at radius 2 is 1.59 bits per heavy atom. The lowest BCUT2D eigenvalue weighted by atomic mass is 10.0. The van der Waals surface area contributed by atoms with Crippen molar-refractivity contribution in [3.63, 3.8) is 0 Å². The Bertz CT molecular complexity index is 1050. The summed E-state index contributed by atoms with van der Waals surface area (Å²) in [6, 6.07) is 16.9. The topological polar surface area (TPSA) is 48.1 Å². The maximum Gasteiger partial charge on any atom is 0.0942 e. The lowest BCUT2D eigenvalue weighted by molar-refractivity contribution is 0.653. The molecule has 134 valence electrons. The summed E-state index contributed by atoms with van der Waals surface area (Å²) >= 11 is 0. The van der Waals surface area contributed by atoms with Crippen LogP contribution in [0.1, 0.15) is 0 Å². The molecule has 4 aromatic rings. The first-order chi connectivity index (χ1) is 13.4. The average molecular weight is 355 g/mol. The monoisotopic (exact) mass is 355 g/mol. The number of nitrogens with zero attached hydrogens (tertiary/aromatic N) is 4. The molecular weight excluding hydrogens is 334 g/mol. The lowest BCUT2D eigenvalue weighted by Gasteiger charge is -2.37. The Morgan fingerprint density at radius 3 is 2.44 bits per heavy atom. The minimum atomic E-state index is 0.976. The number of fused-ring (bicyclic) bond motifs is 1. The second-order valence-electron chi connectivity index (χ2n) is 6.80. The van der Waals surface area contributed by atoms with Gasteiger partial charge in [0.25, 0.3) is 0 Å². The van der Waals surface area contributed by atoms with Crippen molar-refractivity contribution in [1.29, 1.82) is 0 Å². The van der Waals surface area contributed by atoms with Crippen molar-refractivity contribution < 1.29 is 0 Å². The molecule has 4 heterocycles. The van der Waals surface area contributed by atoms with E-state index in [0.717, 1.165) is 37.4 Å². The van der Waals surface area contributed by atoms with Gasteiger partial charge in [-0.3, -0.25) is 9.97 Å². The van der Waals surface area contributed by atoms with Crippen LogP contribution in [0, 0.1) is 0 Å². The molecule has 0 atom stereocenters. The molecule has 1 aliphatic heterocycles. The van der Waals surface area contributed by atoms with E-state index in [1.807, 2.05) is 30.9 Å². The number of H-pyrrole nitrogens is 1. The highest BCUT2D eigenvalue weighted by molar-refractivity contribution is 5.97. The number of nitrogens with one attached hydrogen (secondary N) is 1. The van der Waals surface area contributed by atoms with Gasteiger partial charge in [-0.05, 0) is 36.4 Å². The lowest BCUT2D eigenvalue weighted by Crippen LogP contribution is -2.46. The third-order valence-electron chi connectivity index (χ3n) is 5.28. The summed E-state index contributed by atoms with van der Waals surface area (Å²) in [4.78, 5) is 17.0. The molecule has 3 aromatic heterocycles. The summed E-state index contributed by atoms with van der Waals surface area (Å²) in [7, 11) is 0. The fraction of sp³-hybridized carbons (Fsp3) is 0.182. The zero-order chi connectivity index (χ0) is 18.1. The molecule has 1 aromatic carbocycles. The van der Waals surface area contributed by atoms with Crippen molar-refractivity contribution in [1.82, 2.24) is 15.0 Å². The average Bonchev–Trinajstić information content (AvgIpc) is 3.24. The van der Waals surface area contributed by atoms with Crippen molar-refractivity contribution in [2.75, 3.05) is 36.0 Å². The second-order valence-corrected chi connectivity index (χ2v) is 6.80. The predicted octanol–water partition coefficient (Wildman–Crippen LogP) is 3.95. The molecular formula is C22H21N5. The van der Waals surface area contributed by atoms with Crippen LogP contribution in [0.15, 0.2) is 73.3 Å². The number of benzene rings is 1. The Kier molecular flexibility index (Phi) is 3.98. The molecule has 1 aliphatic rings. The predicted molar refractivity (Wildman–Crippen MR) is 110 cm³/mol. The molecule has 0 aliphatic carbocycles. The van der Waals surface area contributed by atoms with Gasteiger partial charge < -0.3 is 14.8 Å². The first-order valence-electron chi connectivity index (χ1n) is 9.31. The molecule has 1 N–H and O–H groups in total. The summed E-state index contributed by atoms with van der Waals surface area (Å²) in [5.41, 5.74) is 5.83. The quantitative estimate of drug-likeness (QED) is 0.604. The maximum absolute atomic E-state index is 4.75. The van der Waals surface area contributed by atoms with E-state index in [4.69, 9.17) is 4.98 Å². The molecule has 5 heteroatoms. The molecule has 0 spiro atoms. The third kappa shape index (κ3) is 2.91. The summed E-state index contributed by atoms with van der Waals surface area (Å²) in [5, 5.41) is 1.22. The number of aromatic amines is 1. The minimum Gasteiger partial charge on any atom is -0.368 e. The first kappa shape index (κ1) is 15.9. The summed E-state index contributed by atoms with van der Waals surface area (Å²) < 4.78 is 0.